The zero-order chi connectivity index (χ0) is 22.9. The Kier molecular flexibility index (Phi) is 5.47. The van der Waals surface area contributed by atoms with Crippen molar-refractivity contribution in [3.63, 3.8) is 0 Å². The highest BCUT2D eigenvalue weighted by Gasteiger charge is 2.34. The molecule has 0 aliphatic rings. The summed E-state index contributed by atoms with van der Waals surface area (Å²) in [4.78, 5) is 12.6. The fraction of sp³-hybridized carbons (Fsp3) is 0.190. The molecule has 0 spiro atoms. The molecule has 8 nitrogen and oxygen atoms in total. The third kappa shape index (κ3) is 4.36. The average molecular weight is 441 g/mol. The van der Waals surface area contributed by atoms with E-state index >= 15 is 0 Å². The Bertz CT molecular complexity index is 1260. The molecule has 2 aromatic heterocycles. The fourth-order valence-electron chi connectivity index (χ4n) is 3.35. The van der Waals surface area contributed by atoms with Gasteiger partial charge in [0.1, 0.15) is 6.33 Å². The Morgan fingerprint density at radius 3 is 2.53 bits per heavy atom. The number of alkyl halides is 3. The van der Waals surface area contributed by atoms with Crippen LogP contribution in [-0.2, 0) is 12.7 Å². The third-order valence-corrected chi connectivity index (χ3v) is 4.81. The summed E-state index contributed by atoms with van der Waals surface area (Å²) in [5.41, 5.74) is 1.67. The molecule has 1 amide bonds. The van der Waals surface area contributed by atoms with E-state index in [0.717, 1.165) is 11.8 Å². The van der Waals surface area contributed by atoms with Gasteiger partial charge in [0, 0.05) is 17.8 Å². The quantitative estimate of drug-likeness (QED) is 0.513. The number of rotatable bonds is 5. The molecular weight excluding hydrogens is 423 g/mol. The standard InChI is InChI=1S/C21H18F3N7O/c1-13-8-14(2)31(27-13)18-7-6-16(19(10-18)21(22,23)24)11-25-20(32)15-4-3-5-17(9-15)30-12-26-28-29-30/h3-10,12H,11H2,1-2H3,(H,25,32). The van der Waals surface area contributed by atoms with Crippen molar-refractivity contribution in [1.29, 1.82) is 0 Å². The van der Waals surface area contributed by atoms with Gasteiger partial charge in [0.25, 0.3) is 5.91 Å². The predicted octanol–water partition coefficient (Wildman–Crippen LogP) is 3.41. The van der Waals surface area contributed by atoms with Gasteiger partial charge in [-0.2, -0.15) is 18.3 Å². The molecule has 0 aliphatic heterocycles. The summed E-state index contributed by atoms with van der Waals surface area (Å²) < 4.78 is 44.1. The smallest absolute Gasteiger partial charge is 0.348 e. The van der Waals surface area contributed by atoms with Crippen molar-refractivity contribution < 1.29 is 18.0 Å². The van der Waals surface area contributed by atoms with Gasteiger partial charge in [-0.05, 0) is 66.2 Å². The van der Waals surface area contributed by atoms with Crippen molar-refractivity contribution in [2.75, 3.05) is 0 Å². The van der Waals surface area contributed by atoms with E-state index in [-0.39, 0.29) is 17.7 Å². The first-order valence-corrected chi connectivity index (χ1v) is 9.58. The minimum absolute atomic E-state index is 0.0484. The highest BCUT2D eigenvalue weighted by Crippen LogP contribution is 2.33. The molecule has 0 aliphatic carbocycles. The molecule has 1 N–H and O–H groups in total. The monoisotopic (exact) mass is 441 g/mol. The number of aryl methyl sites for hydroxylation is 2. The molecule has 4 rings (SSSR count). The summed E-state index contributed by atoms with van der Waals surface area (Å²) in [5.74, 6) is -0.518. The normalized spacial score (nSPS) is 11.5. The second-order valence-corrected chi connectivity index (χ2v) is 7.17. The van der Waals surface area contributed by atoms with Gasteiger partial charge in [-0.15, -0.1) is 5.10 Å². The summed E-state index contributed by atoms with van der Waals surface area (Å²) in [6.45, 7) is 3.25. The number of nitrogens with zero attached hydrogens (tertiary/aromatic N) is 6. The molecule has 0 saturated heterocycles. The molecule has 11 heteroatoms. The molecule has 0 atom stereocenters. The largest absolute Gasteiger partial charge is 0.416 e. The lowest BCUT2D eigenvalue weighted by molar-refractivity contribution is -0.138. The van der Waals surface area contributed by atoms with E-state index in [0.29, 0.717) is 17.1 Å². The van der Waals surface area contributed by atoms with Crippen LogP contribution in [0.1, 0.15) is 32.9 Å². The Balaban J connectivity index is 1.57. The number of halogens is 3. The molecule has 0 saturated carbocycles. The van der Waals surface area contributed by atoms with Gasteiger partial charge in [0.05, 0.1) is 22.6 Å². The molecule has 0 bridgehead atoms. The lowest BCUT2D eigenvalue weighted by Crippen LogP contribution is -2.25. The van der Waals surface area contributed by atoms with Crippen molar-refractivity contribution in [2.24, 2.45) is 0 Å². The first kappa shape index (κ1) is 21.2. The lowest BCUT2D eigenvalue weighted by atomic mass is 10.1. The minimum Gasteiger partial charge on any atom is -0.348 e. The molecular formula is C21H18F3N7O. The van der Waals surface area contributed by atoms with Gasteiger partial charge in [-0.1, -0.05) is 12.1 Å². The van der Waals surface area contributed by atoms with E-state index in [4.69, 9.17) is 0 Å². The first-order chi connectivity index (χ1) is 15.2. The number of tetrazole rings is 1. The fourth-order valence-corrected chi connectivity index (χ4v) is 3.35. The van der Waals surface area contributed by atoms with Gasteiger partial charge in [0.2, 0.25) is 0 Å². The topological polar surface area (TPSA) is 90.5 Å². The van der Waals surface area contributed by atoms with Gasteiger partial charge in [0.15, 0.2) is 0 Å². The molecule has 0 unspecified atom stereocenters. The molecule has 0 fully saturated rings. The highest BCUT2D eigenvalue weighted by molar-refractivity contribution is 5.94. The van der Waals surface area contributed by atoms with Gasteiger partial charge in [-0.25, -0.2) is 9.36 Å². The van der Waals surface area contributed by atoms with Crippen LogP contribution in [0.2, 0.25) is 0 Å². The van der Waals surface area contributed by atoms with Gasteiger partial charge < -0.3 is 5.32 Å². The minimum atomic E-state index is -4.59. The number of aromatic nitrogens is 6. The van der Waals surface area contributed by atoms with Crippen molar-refractivity contribution >= 4 is 5.91 Å². The lowest BCUT2D eigenvalue weighted by Gasteiger charge is -2.16. The highest BCUT2D eigenvalue weighted by atomic mass is 19.4. The summed E-state index contributed by atoms with van der Waals surface area (Å²) in [5, 5.41) is 17.6. The molecule has 164 valence electrons. The number of hydrogen-bond acceptors (Lipinski definition) is 5. The van der Waals surface area contributed by atoms with E-state index in [9.17, 15) is 18.0 Å². The summed E-state index contributed by atoms with van der Waals surface area (Å²) in [6, 6.07) is 12.2. The van der Waals surface area contributed by atoms with Crippen LogP contribution in [0, 0.1) is 13.8 Å². The van der Waals surface area contributed by atoms with Crippen LogP contribution in [0.25, 0.3) is 11.4 Å². The van der Waals surface area contributed by atoms with E-state index in [1.807, 2.05) is 0 Å². The Morgan fingerprint density at radius 2 is 1.88 bits per heavy atom. The van der Waals surface area contributed by atoms with E-state index < -0.39 is 17.6 Å². The second kappa shape index (κ2) is 8.25. The van der Waals surface area contributed by atoms with Crippen LogP contribution in [0.4, 0.5) is 13.2 Å². The van der Waals surface area contributed by atoms with Crippen LogP contribution >= 0.6 is 0 Å². The first-order valence-electron chi connectivity index (χ1n) is 9.58. The summed E-state index contributed by atoms with van der Waals surface area (Å²) >= 11 is 0. The molecule has 32 heavy (non-hydrogen) atoms. The molecule has 2 aromatic carbocycles. The van der Waals surface area contributed by atoms with Crippen molar-refractivity contribution in [2.45, 2.75) is 26.6 Å². The maximum Gasteiger partial charge on any atom is 0.416 e. The Labute approximate surface area is 180 Å². The second-order valence-electron chi connectivity index (χ2n) is 7.17. The number of carbonyl (C=O) groups excluding carboxylic acids is 1. The van der Waals surface area contributed by atoms with Crippen molar-refractivity contribution in [1.82, 2.24) is 35.3 Å². The summed E-state index contributed by atoms with van der Waals surface area (Å²) in [6.07, 6.45) is -3.22. The van der Waals surface area contributed by atoms with E-state index in [2.05, 4.69) is 25.9 Å². The van der Waals surface area contributed by atoms with Crippen LogP contribution < -0.4 is 5.32 Å². The summed E-state index contributed by atoms with van der Waals surface area (Å²) in [7, 11) is 0. The number of nitrogens with one attached hydrogen (secondary N) is 1. The van der Waals surface area contributed by atoms with Crippen LogP contribution in [-0.4, -0.2) is 35.9 Å². The predicted molar refractivity (Wildman–Crippen MR) is 108 cm³/mol. The zero-order valence-corrected chi connectivity index (χ0v) is 17.1. The third-order valence-electron chi connectivity index (χ3n) is 4.81. The van der Waals surface area contributed by atoms with E-state index in [1.165, 1.54) is 21.8 Å². The molecule has 2 heterocycles. The SMILES string of the molecule is Cc1cc(C)n(-c2ccc(CNC(=O)c3cccc(-n4cnnn4)c3)c(C(F)(F)F)c2)n1. The van der Waals surface area contributed by atoms with Crippen molar-refractivity contribution in [3.8, 4) is 11.4 Å². The number of benzene rings is 2. The van der Waals surface area contributed by atoms with Gasteiger partial charge >= 0.3 is 6.18 Å². The molecule has 4 aromatic rings. The maximum atomic E-state index is 13.7. The Morgan fingerprint density at radius 1 is 1.06 bits per heavy atom. The maximum absolute atomic E-state index is 13.7. The van der Waals surface area contributed by atoms with E-state index in [1.54, 1.807) is 50.2 Å². The van der Waals surface area contributed by atoms with Crippen LogP contribution in [0.5, 0.6) is 0 Å². The Hall–Kier alpha value is -4.02. The van der Waals surface area contributed by atoms with Gasteiger partial charge in [-0.3, -0.25) is 4.79 Å². The van der Waals surface area contributed by atoms with Crippen LogP contribution in [0.3, 0.4) is 0 Å². The van der Waals surface area contributed by atoms with Crippen LogP contribution in [0.15, 0.2) is 54.9 Å². The number of amides is 1. The average Bonchev–Trinajstić information content (AvgIpc) is 3.41. The zero-order valence-electron chi connectivity index (χ0n) is 17.1. The van der Waals surface area contributed by atoms with Crippen molar-refractivity contribution in [3.05, 3.63) is 82.9 Å². The number of hydrogen-bond donors (Lipinski definition) is 1. The molecule has 0 radical (unpaired) electrons. The number of carbonyl (C=O) groups is 1.